The maximum absolute atomic E-state index is 13.1. The molecule has 2 N–H and O–H groups in total. The second-order valence-corrected chi connectivity index (χ2v) is 3.58. The highest BCUT2D eigenvalue weighted by Gasteiger charge is 2.06. The van der Waals surface area contributed by atoms with E-state index >= 15 is 0 Å². The first-order chi connectivity index (χ1) is 7.71. The second-order valence-electron chi connectivity index (χ2n) is 3.58. The Kier molecular flexibility index (Phi) is 4.90. The van der Waals surface area contributed by atoms with Crippen LogP contribution in [0.3, 0.4) is 0 Å². The Morgan fingerprint density at radius 2 is 2.25 bits per heavy atom. The van der Waals surface area contributed by atoms with Gasteiger partial charge in [0, 0.05) is 19.6 Å². The average Bonchev–Trinajstić information content (AvgIpc) is 2.30. The Balaban J connectivity index is 2.77. The SMILES string of the molecule is CCN(CCN)Cc1ccc(F)c(C#N)c1. The van der Waals surface area contributed by atoms with Crippen molar-refractivity contribution in [2.75, 3.05) is 19.6 Å². The van der Waals surface area contributed by atoms with Crippen molar-refractivity contribution in [2.24, 2.45) is 5.73 Å². The summed E-state index contributed by atoms with van der Waals surface area (Å²) in [7, 11) is 0. The molecule has 1 aromatic carbocycles. The van der Waals surface area contributed by atoms with Crippen molar-refractivity contribution < 1.29 is 4.39 Å². The fraction of sp³-hybridized carbons (Fsp3) is 0.417. The first-order valence-corrected chi connectivity index (χ1v) is 5.32. The lowest BCUT2D eigenvalue weighted by molar-refractivity contribution is 0.288. The molecule has 0 radical (unpaired) electrons. The van der Waals surface area contributed by atoms with Gasteiger partial charge in [-0.3, -0.25) is 4.90 Å². The molecular weight excluding hydrogens is 205 g/mol. The van der Waals surface area contributed by atoms with Gasteiger partial charge in [0.15, 0.2) is 0 Å². The number of nitriles is 1. The van der Waals surface area contributed by atoms with Crippen molar-refractivity contribution in [1.82, 2.24) is 4.90 Å². The van der Waals surface area contributed by atoms with Crippen molar-refractivity contribution in [1.29, 1.82) is 5.26 Å². The van der Waals surface area contributed by atoms with Gasteiger partial charge in [-0.25, -0.2) is 4.39 Å². The second kappa shape index (κ2) is 6.21. The zero-order valence-corrected chi connectivity index (χ0v) is 9.41. The van der Waals surface area contributed by atoms with E-state index in [9.17, 15) is 4.39 Å². The highest BCUT2D eigenvalue weighted by molar-refractivity contribution is 5.34. The average molecular weight is 221 g/mol. The van der Waals surface area contributed by atoms with Gasteiger partial charge in [0.25, 0.3) is 0 Å². The molecule has 0 atom stereocenters. The minimum atomic E-state index is -0.465. The van der Waals surface area contributed by atoms with Crippen LogP contribution in [-0.4, -0.2) is 24.5 Å². The van der Waals surface area contributed by atoms with Gasteiger partial charge in [-0.2, -0.15) is 5.26 Å². The van der Waals surface area contributed by atoms with Crippen molar-refractivity contribution in [3.63, 3.8) is 0 Å². The summed E-state index contributed by atoms with van der Waals surface area (Å²) in [6.07, 6.45) is 0. The summed E-state index contributed by atoms with van der Waals surface area (Å²) in [4.78, 5) is 2.15. The number of benzene rings is 1. The molecule has 0 aliphatic rings. The quantitative estimate of drug-likeness (QED) is 0.819. The molecule has 86 valence electrons. The maximum Gasteiger partial charge on any atom is 0.140 e. The molecule has 0 saturated carbocycles. The van der Waals surface area contributed by atoms with Crippen LogP contribution in [0, 0.1) is 17.1 Å². The molecule has 0 aliphatic carbocycles. The Labute approximate surface area is 95.3 Å². The topological polar surface area (TPSA) is 53.0 Å². The normalized spacial score (nSPS) is 10.4. The predicted molar refractivity (Wildman–Crippen MR) is 61.1 cm³/mol. The molecule has 0 spiro atoms. The van der Waals surface area contributed by atoms with E-state index in [0.29, 0.717) is 13.1 Å². The van der Waals surface area contributed by atoms with E-state index in [-0.39, 0.29) is 5.56 Å². The molecule has 0 aromatic heterocycles. The van der Waals surface area contributed by atoms with E-state index in [1.807, 2.05) is 13.0 Å². The maximum atomic E-state index is 13.1. The van der Waals surface area contributed by atoms with Crippen LogP contribution in [-0.2, 0) is 6.54 Å². The number of halogens is 1. The fourth-order valence-corrected chi connectivity index (χ4v) is 1.55. The Morgan fingerprint density at radius 3 is 2.81 bits per heavy atom. The zero-order chi connectivity index (χ0) is 12.0. The van der Waals surface area contributed by atoms with Crippen LogP contribution >= 0.6 is 0 Å². The van der Waals surface area contributed by atoms with E-state index in [4.69, 9.17) is 11.0 Å². The number of nitrogens with two attached hydrogens (primary N) is 1. The lowest BCUT2D eigenvalue weighted by Gasteiger charge is -2.19. The summed E-state index contributed by atoms with van der Waals surface area (Å²) in [5.41, 5.74) is 6.52. The highest BCUT2D eigenvalue weighted by atomic mass is 19.1. The van der Waals surface area contributed by atoms with Crippen molar-refractivity contribution in [2.45, 2.75) is 13.5 Å². The lowest BCUT2D eigenvalue weighted by Crippen LogP contribution is -2.28. The molecule has 0 heterocycles. The number of likely N-dealkylation sites (N-methyl/N-ethyl adjacent to an activating group) is 1. The summed E-state index contributed by atoms with van der Waals surface area (Å²) >= 11 is 0. The van der Waals surface area contributed by atoms with E-state index in [0.717, 1.165) is 18.7 Å². The lowest BCUT2D eigenvalue weighted by atomic mass is 10.1. The van der Waals surface area contributed by atoms with Gasteiger partial charge in [-0.05, 0) is 24.2 Å². The van der Waals surface area contributed by atoms with E-state index in [1.54, 1.807) is 12.1 Å². The Morgan fingerprint density at radius 1 is 1.50 bits per heavy atom. The standard InChI is InChI=1S/C12H16FN3/c1-2-16(6-5-14)9-10-3-4-12(13)11(7-10)8-15/h3-4,7H,2,5-6,9,14H2,1H3. The van der Waals surface area contributed by atoms with E-state index < -0.39 is 5.82 Å². The molecule has 4 heteroatoms. The van der Waals surface area contributed by atoms with E-state index in [1.165, 1.54) is 6.07 Å². The van der Waals surface area contributed by atoms with Crippen molar-refractivity contribution in [3.05, 3.63) is 35.1 Å². The fourth-order valence-electron chi connectivity index (χ4n) is 1.55. The predicted octanol–water partition coefficient (Wildman–Crippen LogP) is 1.48. The first kappa shape index (κ1) is 12.6. The van der Waals surface area contributed by atoms with Crippen LogP contribution in [0.1, 0.15) is 18.1 Å². The molecule has 0 amide bonds. The molecule has 1 aromatic rings. The summed E-state index contributed by atoms with van der Waals surface area (Å²) in [6.45, 7) is 5.03. The highest BCUT2D eigenvalue weighted by Crippen LogP contribution is 2.11. The zero-order valence-electron chi connectivity index (χ0n) is 9.41. The summed E-state index contributed by atoms with van der Waals surface area (Å²) in [5.74, 6) is -0.465. The molecule has 0 aliphatic heterocycles. The first-order valence-electron chi connectivity index (χ1n) is 5.32. The van der Waals surface area contributed by atoms with Crippen LogP contribution < -0.4 is 5.73 Å². The molecule has 0 saturated heterocycles. The number of nitrogens with zero attached hydrogens (tertiary/aromatic N) is 2. The van der Waals surface area contributed by atoms with E-state index in [2.05, 4.69) is 4.90 Å². The van der Waals surface area contributed by atoms with Crippen molar-refractivity contribution >= 4 is 0 Å². The van der Waals surface area contributed by atoms with Crippen LogP contribution in [0.5, 0.6) is 0 Å². The largest absolute Gasteiger partial charge is 0.329 e. The molecule has 0 unspecified atom stereocenters. The van der Waals surface area contributed by atoms with Gasteiger partial charge in [0.2, 0.25) is 0 Å². The summed E-state index contributed by atoms with van der Waals surface area (Å²) in [6, 6.07) is 6.47. The van der Waals surface area contributed by atoms with Crippen LogP contribution in [0.25, 0.3) is 0 Å². The molecule has 0 bridgehead atoms. The summed E-state index contributed by atoms with van der Waals surface area (Å²) in [5, 5.41) is 8.71. The van der Waals surface area contributed by atoms with Gasteiger partial charge in [-0.15, -0.1) is 0 Å². The van der Waals surface area contributed by atoms with Crippen molar-refractivity contribution in [3.8, 4) is 6.07 Å². The third-order valence-electron chi connectivity index (χ3n) is 2.45. The van der Waals surface area contributed by atoms with Gasteiger partial charge >= 0.3 is 0 Å². The van der Waals surface area contributed by atoms with Crippen LogP contribution in [0.15, 0.2) is 18.2 Å². The molecule has 0 fully saturated rings. The van der Waals surface area contributed by atoms with Gasteiger partial charge < -0.3 is 5.73 Å². The molecule has 1 rings (SSSR count). The smallest absolute Gasteiger partial charge is 0.140 e. The Bertz CT molecular complexity index is 384. The van der Waals surface area contributed by atoms with Gasteiger partial charge in [0.05, 0.1) is 5.56 Å². The number of rotatable bonds is 5. The van der Waals surface area contributed by atoms with Gasteiger partial charge in [-0.1, -0.05) is 13.0 Å². The summed E-state index contributed by atoms with van der Waals surface area (Å²) < 4.78 is 13.1. The molecule has 3 nitrogen and oxygen atoms in total. The van der Waals surface area contributed by atoms with Gasteiger partial charge in [0.1, 0.15) is 11.9 Å². The minimum absolute atomic E-state index is 0.0984. The Hall–Kier alpha value is -1.44. The van der Waals surface area contributed by atoms with Crippen LogP contribution in [0.2, 0.25) is 0 Å². The molecule has 16 heavy (non-hydrogen) atoms. The number of hydrogen-bond donors (Lipinski definition) is 1. The monoisotopic (exact) mass is 221 g/mol. The van der Waals surface area contributed by atoms with Crippen LogP contribution in [0.4, 0.5) is 4.39 Å². The molecular formula is C12H16FN3. The number of hydrogen-bond acceptors (Lipinski definition) is 3. The third kappa shape index (κ3) is 3.30. The minimum Gasteiger partial charge on any atom is -0.329 e. The third-order valence-corrected chi connectivity index (χ3v) is 2.45.